The van der Waals surface area contributed by atoms with Gasteiger partial charge in [0.2, 0.25) is 17.7 Å². The Labute approximate surface area is 298 Å². The van der Waals surface area contributed by atoms with Crippen LogP contribution in [-0.2, 0) is 19.1 Å². The lowest BCUT2D eigenvalue weighted by molar-refractivity contribution is -0.139. The normalized spacial score (nSPS) is 20.1. The summed E-state index contributed by atoms with van der Waals surface area (Å²) >= 11 is 0. The monoisotopic (exact) mass is 696 g/mol. The van der Waals surface area contributed by atoms with E-state index in [1.807, 2.05) is 50.1 Å². The summed E-state index contributed by atoms with van der Waals surface area (Å²) in [4.78, 5) is 60.2. The van der Waals surface area contributed by atoms with Gasteiger partial charge in [0.15, 0.2) is 11.4 Å². The van der Waals surface area contributed by atoms with Gasteiger partial charge in [-0.25, -0.2) is 4.79 Å². The molecule has 2 fully saturated rings. The Kier molecular flexibility index (Phi) is 10.6. The van der Waals surface area contributed by atoms with Crippen LogP contribution in [0.25, 0.3) is 27.7 Å². The van der Waals surface area contributed by atoms with Crippen molar-refractivity contribution in [1.82, 2.24) is 20.3 Å². The summed E-state index contributed by atoms with van der Waals surface area (Å²) < 4.78 is 10.3. The number of methoxy groups -OCH3 is 1. The largest absolute Gasteiger partial charge is 0.453 e. The average Bonchev–Trinajstić information content (AvgIpc) is 3.96. The highest BCUT2D eigenvalue weighted by Crippen LogP contribution is 2.34. The average molecular weight is 697 g/mol. The van der Waals surface area contributed by atoms with Crippen molar-refractivity contribution in [3.63, 3.8) is 0 Å². The molecule has 4 heterocycles. The Bertz CT molecular complexity index is 1860. The minimum atomic E-state index is -0.815. The molecule has 4 atom stereocenters. The van der Waals surface area contributed by atoms with Crippen LogP contribution in [0, 0.1) is 17.8 Å². The van der Waals surface area contributed by atoms with Crippen molar-refractivity contribution in [1.29, 1.82) is 0 Å². The van der Waals surface area contributed by atoms with Crippen LogP contribution in [0.15, 0.2) is 58.2 Å². The molecule has 270 valence electrons. The molecule has 12 nitrogen and oxygen atoms in total. The number of amides is 4. The summed E-state index contributed by atoms with van der Waals surface area (Å²) in [6.07, 6.45) is 5.10. The molecule has 4 amide bonds. The highest BCUT2D eigenvalue weighted by atomic mass is 16.5. The second-order valence-corrected chi connectivity index (χ2v) is 14.5. The zero-order valence-electron chi connectivity index (χ0n) is 30.3. The number of ether oxygens (including phenoxy) is 1. The summed E-state index contributed by atoms with van der Waals surface area (Å²) in [5.41, 5.74) is 5.75. The molecule has 12 heteroatoms. The maximum atomic E-state index is 13.4. The number of carbonyl (C=O) groups excluding carboxylic acids is 4. The Morgan fingerprint density at radius 2 is 1.55 bits per heavy atom. The molecular weight excluding hydrogens is 648 g/mol. The van der Waals surface area contributed by atoms with Crippen molar-refractivity contribution < 1.29 is 28.4 Å². The van der Waals surface area contributed by atoms with Gasteiger partial charge >= 0.3 is 6.09 Å². The third kappa shape index (κ3) is 7.41. The van der Waals surface area contributed by atoms with Gasteiger partial charge in [-0.15, -0.1) is 0 Å². The highest BCUT2D eigenvalue weighted by Gasteiger charge is 2.39. The fourth-order valence-electron chi connectivity index (χ4n) is 7.22. The van der Waals surface area contributed by atoms with Crippen molar-refractivity contribution in [3.05, 3.63) is 54.2 Å². The molecule has 2 saturated heterocycles. The molecule has 3 aliphatic heterocycles. The number of alkyl carbamates (subject to hydrolysis) is 1. The highest BCUT2D eigenvalue weighted by molar-refractivity contribution is 6.04. The summed E-state index contributed by atoms with van der Waals surface area (Å²) in [5, 5.41) is 10.2. The molecule has 3 aliphatic rings. The van der Waals surface area contributed by atoms with Gasteiger partial charge in [0, 0.05) is 37.3 Å². The molecule has 0 bridgehead atoms. The number of likely N-dealkylation sites (tertiary alicyclic amines) is 2. The first kappa shape index (κ1) is 35.8. The van der Waals surface area contributed by atoms with Gasteiger partial charge in [0.25, 0.3) is 0 Å². The predicted octanol–water partition coefficient (Wildman–Crippen LogP) is 6.27. The standard InChI is InChI=1S/C39H48N6O6/c1-22(2)24(5)37(47)44-17-7-9-31(44)30-19-28(21-40-30)26-13-11-25(12-14-26)27-15-16-29-33(20-27)51-43-35(29)42-36(46)32-10-8-18-45(32)38(48)34(23(3)4)41-39(49)50-6/h11-16,20-24,31-32,34H,7-10,17-19H2,1-6H3,(H,41,49)(H,42,43,46)/t24-,31-,32-,34-/m0/s1. The number of rotatable bonds is 10. The number of hydrogen-bond donors (Lipinski definition) is 2. The van der Waals surface area contributed by atoms with Crippen LogP contribution in [-0.4, -0.2) is 82.8 Å². The number of benzene rings is 2. The van der Waals surface area contributed by atoms with Crippen LogP contribution < -0.4 is 10.6 Å². The number of nitrogens with one attached hydrogen (secondary N) is 2. The van der Waals surface area contributed by atoms with Crippen molar-refractivity contribution >= 4 is 51.9 Å². The van der Waals surface area contributed by atoms with Crippen molar-refractivity contribution in [3.8, 4) is 11.1 Å². The van der Waals surface area contributed by atoms with E-state index in [-0.39, 0.29) is 41.4 Å². The molecule has 51 heavy (non-hydrogen) atoms. The van der Waals surface area contributed by atoms with E-state index in [1.165, 1.54) is 12.0 Å². The SMILES string of the molecule is COC(=O)N[C@H](C(=O)N1CCC[C@H]1C(=O)Nc1noc2cc(-c3ccc(C4=CN=C([C@@H]5CCCN5C(=O)[C@@H](C)C(C)C)C4)cc3)ccc12)C(C)C. The zero-order valence-corrected chi connectivity index (χ0v) is 30.3. The van der Waals surface area contributed by atoms with E-state index in [2.05, 4.69) is 53.9 Å². The Balaban J connectivity index is 1.09. The van der Waals surface area contributed by atoms with Gasteiger partial charge in [0.1, 0.15) is 12.1 Å². The van der Waals surface area contributed by atoms with Crippen LogP contribution >= 0.6 is 0 Å². The second kappa shape index (κ2) is 15.1. The van der Waals surface area contributed by atoms with E-state index < -0.39 is 18.2 Å². The summed E-state index contributed by atoms with van der Waals surface area (Å²) in [6.45, 7) is 11.1. The van der Waals surface area contributed by atoms with E-state index in [0.717, 1.165) is 53.8 Å². The molecule has 2 N–H and O–H groups in total. The summed E-state index contributed by atoms with van der Waals surface area (Å²) in [7, 11) is 1.24. The number of allylic oxidation sites excluding steroid dienone is 1. The summed E-state index contributed by atoms with van der Waals surface area (Å²) in [6, 6.07) is 12.6. The van der Waals surface area contributed by atoms with Crippen molar-refractivity contribution in [2.24, 2.45) is 22.7 Å². The number of anilines is 1. The van der Waals surface area contributed by atoms with E-state index in [9.17, 15) is 19.2 Å². The lowest BCUT2D eigenvalue weighted by Gasteiger charge is -2.30. The van der Waals surface area contributed by atoms with Crippen LogP contribution in [0.2, 0.25) is 0 Å². The minimum Gasteiger partial charge on any atom is -0.453 e. The molecule has 3 aromatic rings. The molecule has 0 saturated carbocycles. The predicted molar refractivity (Wildman–Crippen MR) is 196 cm³/mol. The third-order valence-corrected chi connectivity index (χ3v) is 10.6. The molecule has 0 unspecified atom stereocenters. The smallest absolute Gasteiger partial charge is 0.407 e. The number of aliphatic imine (C=N–C) groups is 1. The molecular formula is C39H48N6O6. The lowest BCUT2D eigenvalue weighted by Crippen LogP contribution is -2.54. The van der Waals surface area contributed by atoms with Gasteiger partial charge in [-0.2, -0.15) is 0 Å². The van der Waals surface area contributed by atoms with Crippen molar-refractivity contribution in [2.45, 2.75) is 84.8 Å². The van der Waals surface area contributed by atoms with Crippen LogP contribution in [0.4, 0.5) is 10.6 Å². The Hall–Kier alpha value is -5.00. The zero-order chi connectivity index (χ0) is 36.4. The lowest BCUT2D eigenvalue weighted by atomic mass is 9.94. The van der Waals surface area contributed by atoms with E-state index >= 15 is 0 Å². The van der Waals surface area contributed by atoms with Gasteiger partial charge < -0.3 is 29.7 Å². The van der Waals surface area contributed by atoms with Gasteiger partial charge in [-0.1, -0.05) is 70.1 Å². The number of nitrogens with zero attached hydrogens (tertiary/aromatic N) is 4. The van der Waals surface area contributed by atoms with Crippen LogP contribution in [0.1, 0.15) is 72.3 Å². The summed E-state index contributed by atoms with van der Waals surface area (Å²) in [5.74, 6) is -0.0671. The van der Waals surface area contributed by atoms with Gasteiger partial charge in [0.05, 0.1) is 18.5 Å². The number of fused-ring (bicyclic) bond motifs is 1. The first-order chi connectivity index (χ1) is 24.5. The van der Waals surface area contributed by atoms with E-state index in [4.69, 9.17) is 14.3 Å². The number of aromatic nitrogens is 1. The fourth-order valence-corrected chi connectivity index (χ4v) is 7.22. The topological polar surface area (TPSA) is 146 Å². The fraction of sp³-hybridized carbons (Fsp3) is 0.487. The van der Waals surface area contributed by atoms with E-state index in [1.54, 1.807) is 0 Å². The van der Waals surface area contributed by atoms with Crippen LogP contribution in [0.3, 0.4) is 0 Å². The maximum absolute atomic E-state index is 13.4. The molecule has 1 aromatic heterocycles. The van der Waals surface area contributed by atoms with Crippen LogP contribution in [0.5, 0.6) is 0 Å². The van der Waals surface area contributed by atoms with E-state index in [0.29, 0.717) is 36.3 Å². The third-order valence-electron chi connectivity index (χ3n) is 10.6. The van der Waals surface area contributed by atoms with Gasteiger partial charge in [-0.05, 0) is 71.9 Å². The number of carbonyl (C=O) groups is 4. The molecule has 2 aromatic carbocycles. The quantitative estimate of drug-likeness (QED) is 0.254. The second-order valence-electron chi connectivity index (χ2n) is 14.5. The molecule has 0 radical (unpaired) electrons. The minimum absolute atomic E-state index is 0.00361. The first-order valence-electron chi connectivity index (χ1n) is 18.0. The maximum Gasteiger partial charge on any atom is 0.407 e. The molecule has 0 spiro atoms. The molecule has 6 rings (SSSR count). The first-order valence-corrected chi connectivity index (χ1v) is 18.0. The van der Waals surface area contributed by atoms with Crippen molar-refractivity contribution in [2.75, 3.05) is 25.5 Å². The van der Waals surface area contributed by atoms with Gasteiger partial charge in [-0.3, -0.25) is 19.4 Å². The Morgan fingerprint density at radius 1 is 0.863 bits per heavy atom. The number of hydrogen-bond acceptors (Lipinski definition) is 8. The Morgan fingerprint density at radius 3 is 2.25 bits per heavy atom. The molecule has 0 aliphatic carbocycles.